The lowest BCUT2D eigenvalue weighted by Crippen LogP contribution is -2.25. The largest absolute Gasteiger partial charge is 0.445 e. The highest BCUT2D eigenvalue weighted by Gasteiger charge is 2.00. The number of nitrogens with one attached hydrogen (secondary N) is 2. The van der Waals surface area contributed by atoms with E-state index in [-0.39, 0.29) is 12.6 Å². The van der Waals surface area contributed by atoms with Gasteiger partial charge in [-0.15, -0.1) is 0 Å². The predicted molar refractivity (Wildman–Crippen MR) is 77.0 cm³/mol. The minimum absolute atomic E-state index is 0.213. The zero-order valence-corrected chi connectivity index (χ0v) is 12.3. The van der Waals surface area contributed by atoms with E-state index in [4.69, 9.17) is 9.57 Å². The Kier molecular flexibility index (Phi) is 12.8. The lowest BCUT2D eigenvalue weighted by molar-refractivity contribution is -0.151. The third kappa shape index (κ3) is 12.9. The van der Waals surface area contributed by atoms with Gasteiger partial charge in [-0.25, -0.2) is 4.79 Å². The summed E-state index contributed by atoms with van der Waals surface area (Å²) in [5.74, 6) is -0.213. The van der Waals surface area contributed by atoms with Crippen LogP contribution >= 0.6 is 0 Å². The van der Waals surface area contributed by atoms with Crippen molar-refractivity contribution in [1.29, 1.82) is 0 Å². The molecule has 0 aliphatic heterocycles. The van der Waals surface area contributed by atoms with Crippen molar-refractivity contribution in [1.82, 2.24) is 10.8 Å². The number of carbonyl (C=O) groups is 2. The van der Waals surface area contributed by atoms with Crippen molar-refractivity contribution in [3.8, 4) is 0 Å². The molecule has 20 heavy (non-hydrogen) atoms. The first-order valence-corrected chi connectivity index (χ1v) is 7.14. The van der Waals surface area contributed by atoms with Gasteiger partial charge < -0.3 is 14.9 Å². The van der Waals surface area contributed by atoms with Crippen molar-refractivity contribution in [2.45, 2.75) is 45.4 Å². The fourth-order valence-electron chi connectivity index (χ4n) is 1.44. The molecule has 0 rings (SSSR count). The SMILES string of the molecule is C=CCOC(=O)NCCCCCCNOC(=O)CCC. The molecular formula is C14H26N2O4. The van der Waals surface area contributed by atoms with Crippen LogP contribution in [0.5, 0.6) is 0 Å². The van der Waals surface area contributed by atoms with E-state index in [9.17, 15) is 9.59 Å². The van der Waals surface area contributed by atoms with Crippen LogP contribution in [0.4, 0.5) is 4.79 Å². The molecule has 0 unspecified atom stereocenters. The molecule has 0 aromatic carbocycles. The molecule has 0 radical (unpaired) electrons. The molecule has 6 heteroatoms. The molecule has 6 nitrogen and oxygen atoms in total. The van der Waals surface area contributed by atoms with E-state index in [0.29, 0.717) is 19.5 Å². The van der Waals surface area contributed by atoms with Crippen LogP contribution in [-0.4, -0.2) is 31.8 Å². The molecule has 0 aliphatic carbocycles. The Bertz CT molecular complexity index is 282. The number of hydrogen-bond acceptors (Lipinski definition) is 5. The summed E-state index contributed by atoms with van der Waals surface area (Å²) >= 11 is 0. The highest BCUT2D eigenvalue weighted by atomic mass is 16.7. The summed E-state index contributed by atoms with van der Waals surface area (Å²) in [4.78, 5) is 26.9. The Morgan fingerprint density at radius 2 is 1.85 bits per heavy atom. The van der Waals surface area contributed by atoms with Crippen molar-refractivity contribution in [2.75, 3.05) is 19.7 Å². The number of amides is 1. The van der Waals surface area contributed by atoms with Crippen LogP contribution in [0.25, 0.3) is 0 Å². The van der Waals surface area contributed by atoms with Crippen molar-refractivity contribution in [3.05, 3.63) is 12.7 Å². The molecule has 0 heterocycles. The Morgan fingerprint density at radius 3 is 2.50 bits per heavy atom. The normalized spacial score (nSPS) is 9.85. The van der Waals surface area contributed by atoms with Crippen LogP contribution in [-0.2, 0) is 14.4 Å². The summed E-state index contributed by atoms with van der Waals surface area (Å²) in [6.45, 7) is 6.88. The molecule has 0 aromatic rings. The first-order valence-electron chi connectivity index (χ1n) is 7.14. The van der Waals surface area contributed by atoms with Crippen LogP contribution in [0.3, 0.4) is 0 Å². The van der Waals surface area contributed by atoms with Gasteiger partial charge in [-0.2, -0.15) is 5.48 Å². The second kappa shape index (κ2) is 13.9. The van der Waals surface area contributed by atoms with Gasteiger partial charge in [-0.3, -0.25) is 4.79 Å². The quantitative estimate of drug-likeness (QED) is 0.327. The zero-order chi connectivity index (χ0) is 15.1. The van der Waals surface area contributed by atoms with E-state index in [1.54, 1.807) is 0 Å². The van der Waals surface area contributed by atoms with Crippen LogP contribution in [0, 0.1) is 0 Å². The lowest BCUT2D eigenvalue weighted by Gasteiger charge is -2.06. The molecule has 0 aromatic heterocycles. The van der Waals surface area contributed by atoms with Gasteiger partial charge in [0.1, 0.15) is 6.61 Å². The first kappa shape index (κ1) is 18.4. The monoisotopic (exact) mass is 286 g/mol. The predicted octanol–water partition coefficient (Wildman–Crippen LogP) is 2.31. The Hall–Kier alpha value is -1.56. The van der Waals surface area contributed by atoms with E-state index < -0.39 is 6.09 Å². The minimum atomic E-state index is -0.408. The smallest absolute Gasteiger partial charge is 0.407 e. The summed E-state index contributed by atoms with van der Waals surface area (Å²) in [6.07, 6.45) is 6.21. The number of carbonyl (C=O) groups excluding carboxylic acids is 2. The highest BCUT2D eigenvalue weighted by molar-refractivity contribution is 5.68. The van der Waals surface area contributed by atoms with Gasteiger partial charge >= 0.3 is 12.1 Å². The number of unbranched alkanes of at least 4 members (excludes halogenated alkanes) is 3. The van der Waals surface area contributed by atoms with Crippen molar-refractivity contribution in [2.24, 2.45) is 0 Å². The van der Waals surface area contributed by atoms with Crippen LogP contribution in [0.1, 0.15) is 45.4 Å². The van der Waals surface area contributed by atoms with Gasteiger partial charge in [-0.05, 0) is 19.3 Å². The number of ether oxygens (including phenoxy) is 1. The lowest BCUT2D eigenvalue weighted by atomic mass is 10.2. The molecule has 0 saturated heterocycles. The number of hydroxylamine groups is 1. The third-order valence-corrected chi connectivity index (χ3v) is 2.45. The second-order valence-corrected chi connectivity index (χ2v) is 4.35. The summed E-state index contributed by atoms with van der Waals surface area (Å²) in [6, 6.07) is 0. The maximum absolute atomic E-state index is 11.1. The number of hydrogen-bond donors (Lipinski definition) is 2. The highest BCUT2D eigenvalue weighted by Crippen LogP contribution is 1.98. The fraction of sp³-hybridized carbons (Fsp3) is 0.714. The van der Waals surface area contributed by atoms with E-state index in [2.05, 4.69) is 17.4 Å². The van der Waals surface area contributed by atoms with Crippen LogP contribution in [0.15, 0.2) is 12.7 Å². The fourth-order valence-corrected chi connectivity index (χ4v) is 1.44. The van der Waals surface area contributed by atoms with Crippen LogP contribution < -0.4 is 10.8 Å². The van der Waals surface area contributed by atoms with E-state index in [1.165, 1.54) is 6.08 Å². The molecule has 0 spiro atoms. The van der Waals surface area contributed by atoms with Gasteiger partial charge in [0.25, 0.3) is 0 Å². The van der Waals surface area contributed by atoms with E-state index >= 15 is 0 Å². The van der Waals surface area contributed by atoms with Crippen molar-refractivity contribution >= 4 is 12.1 Å². The second-order valence-electron chi connectivity index (χ2n) is 4.35. The van der Waals surface area contributed by atoms with Crippen LogP contribution in [0.2, 0.25) is 0 Å². The van der Waals surface area contributed by atoms with E-state index in [0.717, 1.165) is 32.1 Å². The molecule has 0 atom stereocenters. The molecular weight excluding hydrogens is 260 g/mol. The summed E-state index contributed by atoms with van der Waals surface area (Å²) in [5.41, 5.74) is 2.65. The minimum Gasteiger partial charge on any atom is -0.445 e. The van der Waals surface area contributed by atoms with Gasteiger partial charge in [0.05, 0.1) is 0 Å². The summed E-state index contributed by atoms with van der Waals surface area (Å²) in [5, 5.41) is 2.65. The van der Waals surface area contributed by atoms with Gasteiger partial charge in [0, 0.05) is 19.5 Å². The summed E-state index contributed by atoms with van der Waals surface area (Å²) in [7, 11) is 0. The standard InChI is InChI=1S/C14H26N2O4/c1-3-9-13(17)20-16-11-8-6-5-7-10-15-14(18)19-12-4-2/h4,16H,2-3,5-12H2,1H3,(H,15,18). The van der Waals surface area contributed by atoms with Crippen molar-refractivity contribution in [3.63, 3.8) is 0 Å². The molecule has 0 aliphatic rings. The molecule has 2 N–H and O–H groups in total. The number of rotatable bonds is 12. The maximum Gasteiger partial charge on any atom is 0.407 e. The van der Waals surface area contributed by atoms with Gasteiger partial charge in [-0.1, -0.05) is 32.4 Å². The van der Waals surface area contributed by atoms with Gasteiger partial charge in [0.2, 0.25) is 0 Å². The molecule has 0 fully saturated rings. The summed E-state index contributed by atoms with van der Waals surface area (Å²) < 4.78 is 4.77. The first-order chi connectivity index (χ1) is 9.70. The zero-order valence-electron chi connectivity index (χ0n) is 12.3. The Labute approximate surface area is 120 Å². The topological polar surface area (TPSA) is 76.7 Å². The Morgan fingerprint density at radius 1 is 1.15 bits per heavy atom. The third-order valence-electron chi connectivity index (χ3n) is 2.45. The van der Waals surface area contributed by atoms with Crippen molar-refractivity contribution < 1.29 is 19.2 Å². The average molecular weight is 286 g/mol. The molecule has 116 valence electrons. The van der Waals surface area contributed by atoms with Gasteiger partial charge in [0.15, 0.2) is 0 Å². The average Bonchev–Trinajstić information content (AvgIpc) is 2.43. The number of alkyl carbamates (subject to hydrolysis) is 1. The molecule has 0 saturated carbocycles. The molecule has 1 amide bonds. The maximum atomic E-state index is 11.1. The van der Waals surface area contributed by atoms with E-state index in [1.807, 2.05) is 6.92 Å². The Balaban J connectivity index is 3.18. The molecule has 0 bridgehead atoms.